The Kier molecular flexibility index (Phi) is 8.30. The Morgan fingerprint density at radius 3 is 2.51 bits per heavy atom. The molecule has 0 fully saturated rings. The number of amides is 1. The van der Waals surface area contributed by atoms with Crippen LogP contribution in [0, 0.1) is 10.1 Å². The van der Waals surface area contributed by atoms with Crippen molar-refractivity contribution >= 4 is 33.5 Å². The summed E-state index contributed by atoms with van der Waals surface area (Å²) in [5.41, 5.74) is 2.19. The molecule has 0 radical (unpaired) electrons. The highest BCUT2D eigenvalue weighted by Crippen LogP contribution is 2.31. The van der Waals surface area contributed by atoms with E-state index in [1.165, 1.54) is 54.7 Å². The number of nitrogens with zero attached hydrogens (tertiary/aromatic N) is 3. The van der Waals surface area contributed by atoms with Gasteiger partial charge in [-0.3, -0.25) is 14.9 Å². The number of anilines is 1. The lowest BCUT2D eigenvalue weighted by Crippen LogP contribution is -2.39. The van der Waals surface area contributed by atoms with Crippen LogP contribution in [0.2, 0.25) is 0 Å². The molecular formula is C24H22N4O6S. The summed E-state index contributed by atoms with van der Waals surface area (Å²) in [6.07, 6.45) is 2.97. The van der Waals surface area contributed by atoms with Crippen LogP contribution >= 0.6 is 0 Å². The van der Waals surface area contributed by atoms with Gasteiger partial charge >= 0.3 is 0 Å². The standard InChI is InChI=1S/C24H22N4O6S/c1-2-15-34-20-10-8-9-19(16-20)17-25-26-24(29)18-27(22-13-6-7-14-23(22)28(30)31)35(32,33)21-11-4-3-5-12-21/h2-14,16-17H,1,15,18H2,(H,26,29)/b25-17-. The van der Waals surface area contributed by atoms with Gasteiger partial charge < -0.3 is 4.74 Å². The highest BCUT2D eigenvalue weighted by molar-refractivity contribution is 7.92. The summed E-state index contributed by atoms with van der Waals surface area (Å²) in [5, 5.41) is 15.4. The molecule has 3 aromatic carbocycles. The zero-order valence-corrected chi connectivity index (χ0v) is 19.3. The molecule has 0 aliphatic heterocycles. The third kappa shape index (κ3) is 6.51. The van der Waals surface area contributed by atoms with Gasteiger partial charge in [0.25, 0.3) is 21.6 Å². The van der Waals surface area contributed by atoms with Crippen LogP contribution in [0.15, 0.2) is 102 Å². The van der Waals surface area contributed by atoms with Crippen LogP contribution < -0.4 is 14.5 Å². The lowest BCUT2D eigenvalue weighted by molar-refractivity contribution is -0.384. The average Bonchev–Trinajstić information content (AvgIpc) is 2.86. The maximum Gasteiger partial charge on any atom is 0.293 e. The number of sulfonamides is 1. The zero-order valence-electron chi connectivity index (χ0n) is 18.5. The van der Waals surface area contributed by atoms with Crippen LogP contribution in [0.1, 0.15) is 5.56 Å². The lowest BCUT2D eigenvalue weighted by Gasteiger charge is -2.23. The van der Waals surface area contributed by atoms with Crippen molar-refractivity contribution in [1.29, 1.82) is 0 Å². The molecule has 0 heterocycles. The molecule has 0 aromatic heterocycles. The van der Waals surface area contributed by atoms with Crippen LogP contribution in [-0.4, -0.2) is 38.6 Å². The van der Waals surface area contributed by atoms with Gasteiger partial charge in [-0.1, -0.05) is 55.1 Å². The van der Waals surface area contributed by atoms with E-state index in [9.17, 15) is 23.3 Å². The number of carbonyl (C=O) groups excluding carboxylic acids is 1. The van der Waals surface area contributed by atoms with E-state index in [1.54, 1.807) is 36.4 Å². The van der Waals surface area contributed by atoms with Gasteiger partial charge in [0, 0.05) is 6.07 Å². The average molecular weight is 495 g/mol. The molecule has 0 spiro atoms. The number of hydrogen-bond acceptors (Lipinski definition) is 7. The predicted molar refractivity (Wildman–Crippen MR) is 132 cm³/mol. The fraction of sp³-hybridized carbons (Fsp3) is 0.0833. The van der Waals surface area contributed by atoms with Gasteiger partial charge in [0.05, 0.1) is 16.0 Å². The van der Waals surface area contributed by atoms with E-state index in [0.717, 1.165) is 0 Å². The van der Waals surface area contributed by atoms with E-state index in [2.05, 4.69) is 17.1 Å². The van der Waals surface area contributed by atoms with E-state index in [0.29, 0.717) is 22.2 Å². The minimum absolute atomic E-state index is 0.120. The van der Waals surface area contributed by atoms with E-state index < -0.39 is 33.1 Å². The van der Waals surface area contributed by atoms with Gasteiger partial charge in [0.1, 0.15) is 24.6 Å². The summed E-state index contributed by atoms with van der Waals surface area (Å²) < 4.78 is 32.8. The number of rotatable bonds is 11. The predicted octanol–water partition coefficient (Wildman–Crippen LogP) is 3.51. The summed E-state index contributed by atoms with van der Waals surface area (Å²) in [6, 6.07) is 19.6. The third-order valence-corrected chi connectivity index (χ3v) is 6.37. The molecular weight excluding hydrogens is 472 g/mol. The number of hydrogen-bond donors (Lipinski definition) is 1. The normalized spacial score (nSPS) is 11.1. The molecule has 0 aliphatic carbocycles. The van der Waals surface area contributed by atoms with Crippen molar-refractivity contribution in [3.05, 3.63) is 107 Å². The first-order valence-electron chi connectivity index (χ1n) is 10.3. The second-order valence-corrected chi connectivity index (χ2v) is 8.90. The van der Waals surface area contributed by atoms with Crippen molar-refractivity contribution in [2.75, 3.05) is 17.5 Å². The smallest absolute Gasteiger partial charge is 0.293 e. The van der Waals surface area contributed by atoms with E-state index >= 15 is 0 Å². The van der Waals surface area contributed by atoms with E-state index in [-0.39, 0.29) is 10.6 Å². The second kappa shape index (κ2) is 11.6. The van der Waals surface area contributed by atoms with Gasteiger partial charge in [0.2, 0.25) is 0 Å². The molecule has 0 bridgehead atoms. The second-order valence-electron chi connectivity index (χ2n) is 7.04. The Balaban J connectivity index is 1.85. The molecule has 10 nitrogen and oxygen atoms in total. The molecule has 0 saturated carbocycles. The topological polar surface area (TPSA) is 131 Å². The molecule has 35 heavy (non-hydrogen) atoms. The van der Waals surface area contributed by atoms with Gasteiger partial charge in [-0.15, -0.1) is 0 Å². The number of nitro groups is 1. The zero-order chi connectivity index (χ0) is 25.3. The summed E-state index contributed by atoms with van der Waals surface area (Å²) in [6.45, 7) is 3.18. The quantitative estimate of drug-likeness (QED) is 0.188. The molecule has 3 rings (SSSR count). The fourth-order valence-corrected chi connectivity index (χ4v) is 4.49. The minimum atomic E-state index is -4.31. The van der Waals surface area contributed by atoms with Crippen LogP contribution in [0.25, 0.3) is 0 Å². The number of benzene rings is 3. The number of nitrogens with one attached hydrogen (secondary N) is 1. The monoisotopic (exact) mass is 494 g/mol. The summed E-state index contributed by atoms with van der Waals surface area (Å²) in [7, 11) is -4.31. The third-order valence-electron chi connectivity index (χ3n) is 4.59. The first-order chi connectivity index (χ1) is 16.8. The summed E-state index contributed by atoms with van der Waals surface area (Å²) in [4.78, 5) is 23.4. The number of ether oxygens (including phenoxy) is 1. The molecule has 0 atom stereocenters. The van der Waals surface area contributed by atoms with Crippen LogP contribution in [0.3, 0.4) is 0 Å². The highest BCUT2D eigenvalue weighted by atomic mass is 32.2. The van der Waals surface area contributed by atoms with Crippen LogP contribution in [0.5, 0.6) is 5.75 Å². The molecule has 3 aromatic rings. The van der Waals surface area contributed by atoms with Gasteiger partial charge in [0.15, 0.2) is 0 Å². The van der Waals surface area contributed by atoms with Crippen molar-refractivity contribution in [2.45, 2.75) is 4.90 Å². The van der Waals surface area contributed by atoms with Gasteiger partial charge in [-0.25, -0.2) is 18.1 Å². The van der Waals surface area contributed by atoms with Crippen molar-refractivity contribution in [3.8, 4) is 5.75 Å². The highest BCUT2D eigenvalue weighted by Gasteiger charge is 2.31. The molecule has 11 heteroatoms. The van der Waals surface area contributed by atoms with Crippen LogP contribution in [-0.2, 0) is 14.8 Å². The summed E-state index contributed by atoms with van der Waals surface area (Å²) in [5.74, 6) is -0.213. The summed E-state index contributed by atoms with van der Waals surface area (Å²) >= 11 is 0. The van der Waals surface area contributed by atoms with Crippen molar-refractivity contribution in [1.82, 2.24) is 5.43 Å². The van der Waals surface area contributed by atoms with Crippen LogP contribution in [0.4, 0.5) is 11.4 Å². The number of hydrazone groups is 1. The molecule has 180 valence electrons. The molecule has 1 amide bonds. The Hall–Kier alpha value is -4.51. The Bertz CT molecular complexity index is 1340. The van der Waals surface area contributed by atoms with E-state index in [4.69, 9.17) is 4.74 Å². The van der Waals surface area contributed by atoms with Crippen molar-refractivity contribution < 1.29 is 22.9 Å². The maximum atomic E-state index is 13.3. The number of para-hydroxylation sites is 2. The van der Waals surface area contributed by atoms with E-state index in [1.807, 2.05) is 0 Å². The van der Waals surface area contributed by atoms with Crippen molar-refractivity contribution in [3.63, 3.8) is 0 Å². The Morgan fingerprint density at radius 1 is 1.09 bits per heavy atom. The van der Waals surface area contributed by atoms with Crippen molar-refractivity contribution in [2.24, 2.45) is 5.10 Å². The van der Waals surface area contributed by atoms with Gasteiger partial charge in [-0.05, 0) is 35.9 Å². The molecule has 0 saturated heterocycles. The fourth-order valence-electron chi connectivity index (χ4n) is 3.03. The molecule has 0 aliphatic rings. The molecule has 0 unspecified atom stereocenters. The maximum absolute atomic E-state index is 13.3. The molecule has 1 N–H and O–H groups in total. The lowest BCUT2D eigenvalue weighted by atomic mass is 10.2. The minimum Gasteiger partial charge on any atom is -0.490 e. The SMILES string of the molecule is C=CCOc1cccc(/C=N\NC(=O)CN(c2ccccc2[N+](=O)[O-])S(=O)(=O)c2ccccc2)c1. The van der Waals surface area contributed by atoms with Gasteiger partial charge in [-0.2, -0.15) is 5.10 Å². The largest absolute Gasteiger partial charge is 0.490 e. The Labute approximate surface area is 202 Å². The first-order valence-corrected chi connectivity index (χ1v) is 11.7. The number of nitro benzene ring substituents is 1. The first kappa shape index (κ1) is 25.1. The number of carbonyl (C=O) groups is 1. The Morgan fingerprint density at radius 2 is 1.80 bits per heavy atom.